The van der Waals surface area contributed by atoms with E-state index in [1.807, 2.05) is 0 Å². The van der Waals surface area contributed by atoms with E-state index in [9.17, 15) is 4.79 Å². The van der Waals surface area contributed by atoms with Crippen molar-refractivity contribution in [1.82, 2.24) is 10.6 Å². The predicted octanol–water partition coefficient (Wildman–Crippen LogP) is 3.00. The van der Waals surface area contributed by atoms with Crippen LogP contribution in [0.5, 0.6) is 0 Å². The number of hydrogen-bond donors (Lipinski definition) is 2. The standard InChI is InChI=1S/C18H28N2O/c1-4-15-7-9-16(10-8-15)13(2)12-18(21)20-17-6-5-11-19-14(17)3/h7-10,13-14,17,19H,4-6,11-12H2,1-3H3,(H,20,21). The Morgan fingerprint density at radius 2 is 2.10 bits per heavy atom. The number of hydrogen-bond acceptors (Lipinski definition) is 2. The summed E-state index contributed by atoms with van der Waals surface area (Å²) in [4.78, 5) is 12.2. The van der Waals surface area contributed by atoms with Crippen LogP contribution in [-0.2, 0) is 11.2 Å². The fourth-order valence-electron chi connectivity index (χ4n) is 2.98. The molecule has 1 amide bonds. The first-order valence-electron chi connectivity index (χ1n) is 8.21. The highest BCUT2D eigenvalue weighted by Gasteiger charge is 2.23. The second kappa shape index (κ2) is 7.60. The van der Waals surface area contributed by atoms with Crippen molar-refractivity contribution in [2.24, 2.45) is 0 Å². The van der Waals surface area contributed by atoms with Gasteiger partial charge in [0.05, 0.1) is 0 Å². The lowest BCUT2D eigenvalue weighted by Gasteiger charge is -2.31. The Balaban J connectivity index is 1.86. The van der Waals surface area contributed by atoms with E-state index in [-0.39, 0.29) is 17.9 Å². The van der Waals surface area contributed by atoms with Gasteiger partial charge in [0.2, 0.25) is 5.91 Å². The van der Waals surface area contributed by atoms with Gasteiger partial charge in [0, 0.05) is 18.5 Å². The highest BCUT2D eigenvalue weighted by Crippen LogP contribution is 2.20. The van der Waals surface area contributed by atoms with Crippen molar-refractivity contribution in [3.8, 4) is 0 Å². The molecule has 1 aliphatic heterocycles. The summed E-state index contributed by atoms with van der Waals surface area (Å²) in [5.41, 5.74) is 2.59. The van der Waals surface area contributed by atoms with Crippen molar-refractivity contribution in [1.29, 1.82) is 0 Å². The van der Waals surface area contributed by atoms with E-state index in [1.54, 1.807) is 0 Å². The fraction of sp³-hybridized carbons (Fsp3) is 0.611. The summed E-state index contributed by atoms with van der Waals surface area (Å²) in [6, 6.07) is 9.29. The number of aryl methyl sites for hydroxylation is 1. The van der Waals surface area contributed by atoms with Gasteiger partial charge in [0.25, 0.3) is 0 Å². The van der Waals surface area contributed by atoms with E-state index in [4.69, 9.17) is 0 Å². The van der Waals surface area contributed by atoms with Crippen LogP contribution in [0.15, 0.2) is 24.3 Å². The van der Waals surface area contributed by atoms with Crippen LogP contribution in [0, 0.1) is 0 Å². The molecular weight excluding hydrogens is 260 g/mol. The number of piperidine rings is 1. The quantitative estimate of drug-likeness (QED) is 0.874. The van der Waals surface area contributed by atoms with Gasteiger partial charge in [-0.25, -0.2) is 0 Å². The molecule has 1 aromatic carbocycles. The van der Waals surface area contributed by atoms with E-state index >= 15 is 0 Å². The Kier molecular flexibility index (Phi) is 5.80. The third-order valence-electron chi connectivity index (χ3n) is 4.56. The summed E-state index contributed by atoms with van der Waals surface area (Å²) >= 11 is 0. The van der Waals surface area contributed by atoms with E-state index in [2.05, 4.69) is 55.7 Å². The minimum Gasteiger partial charge on any atom is -0.352 e. The van der Waals surface area contributed by atoms with Crippen molar-refractivity contribution in [2.75, 3.05) is 6.54 Å². The van der Waals surface area contributed by atoms with E-state index in [0.717, 1.165) is 25.8 Å². The van der Waals surface area contributed by atoms with E-state index in [0.29, 0.717) is 12.5 Å². The van der Waals surface area contributed by atoms with Crippen LogP contribution < -0.4 is 10.6 Å². The first kappa shape index (κ1) is 16.0. The van der Waals surface area contributed by atoms with Crippen molar-refractivity contribution in [3.63, 3.8) is 0 Å². The zero-order chi connectivity index (χ0) is 15.2. The van der Waals surface area contributed by atoms with Crippen LogP contribution in [0.1, 0.15) is 57.1 Å². The Labute approximate surface area is 128 Å². The molecule has 3 unspecified atom stereocenters. The molecule has 1 aliphatic rings. The Bertz CT molecular complexity index is 455. The minimum absolute atomic E-state index is 0.169. The maximum absolute atomic E-state index is 12.2. The molecule has 116 valence electrons. The van der Waals surface area contributed by atoms with Gasteiger partial charge in [-0.3, -0.25) is 4.79 Å². The first-order valence-corrected chi connectivity index (χ1v) is 8.21. The third kappa shape index (κ3) is 4.57. The van der Waals surface area contributed by atoms with Crippen LogP contribution in [-0.4, -0.2) is 24.5 Å². The summed E-state index contributed by atoms with van der Waals surface area (Å²) in [6.07, 6.45) is 3.85. The topological polar surface area (TPSA) is 41.1 Å². The molecule has 0 spiro atoms. The Morgan fingerprint density at radius 1 is 1.38 bits per heavy atom. The molecule has 2 rings (SSSR count). The molecule has 1 fully saturated rings. The molecule has 3 heteroatoms. The SMILES string of the molecule is CCc1ccc(C(C)CC(=O)NC2CCCNC2C)cc1. The molecule has 3 atom stereocenters. The van der Waals surface area contributed by atoms with Crippen LogP contribution in [0.25, 0.3) is 0 Å². The predicted molar refractivity (Wildman–Crippen MR) is 87.5 cm³/mol. The maximum Gasteiger partial charge on any atom is 0.220 e. The van der Waals surface area contributed by atoms with Crippen molar-refractivity contribution in [2.45, 2.75) is 64.5 Å². The summed E-state index contributed by atoms with van der Waals surface area (Å²) in [5, 5.41) is 6.61. The van der Waals surface area contributed by atoms with Crippen molar-refractivity contribution < 1.29 is 4.79 Å². The van der Waals surface area contributed by atoms with Crippen LogP contribution in [0.4, 0.5) is 0 Å². The number of amides is 1. The van der Waals surface area contributed by atoms with Gasteiger partial charge in [-0.05, 0) is 49.8 Å². The number of rotatable bonds is 5. The molecule has 1 aromatic rings. The first-order chi connectivity index (χ1) is 10.1. The van der Waals surface area contributed by atoms with Crippen molar-refractivity contribution >= 4 is 5.91 Å². The molecule has 3 nitrogen and oxygen atoms in total. The van der Waals surface area contributed by atoms with Gasteiger partial charge < -0.3 is 10.6 Å². The summed E-state index contributed by atoms with van der Waals surface area (Å²) < 4.78 is 0. The normalized spacial score (nSPS) is 23.6. The van der Waals surface area contributed by atoms with Crippen LogP contribution >= 0.6 is 0 Å². The third-order valence-corrected chi connectivity index (χ3v) is 4.56. The molecule has 0 aliphatic carbocycles. The maximum atomic E-state index is 12.2. The smallest absolute Gasteiger partial charge is 0.220 e. The van der Waals surface area contributed by atoms with E-state index < -0.39 is 0 Å². The van der Waals surface area contributed by atoms with Gasteiger partial charge in [-0.1, -0.05) is 38.1 Å². The van der Waals surface area contributed by atoms with Gasteiger partial charge in [-0.15, -0.1) is 0 Å². The molecule has 1 heterocycles. The van der Waals surface area contributed by atoms with Gasteiger partial charge in [0.15, 0.2) is 0 Å². The molecule has 2 N–H and O–H groups in total. The van der Waals surface area contributed by atoms with Crippen molar-refractivity contribution in [3.05, 3.63) is 35.4 Å². The number of nitrogens with one attached hydrogen (secondary N) is 2. The summed E-state index contributed by atoms with van der Waals surface area (Å²) in [6.45, 7) is 7.50. The molecule has 1 saturated heterocycles. The zero-order valence-corrected chi connectivity index (χ0v) is 13.5. The molecule has 0 saturated carbocycles. The molecule has 0 radical (unpaired) electrons. The largest absolute Gasteiger partial charge is 0.352 e. The van der Waals surface area contributed by atoms with Gasteiger partial charge in [0.1, 0.15) is 0 Å². The van der Waals surface area contributed by atoms with Crippen LogP contribution in [0.3, 0.4) is 0 Å². The number of benzene rings is 1. The van der Waals surface area contributed by atoms with Gasteiger partial charge in [-0.2, -0.15) is 0 Å². The zero-order valence-electron chi connectivity index (χ0n) is 13.5. The summed E-state index contributed by atoms with van der Waals surface area (Å²) in [7, 11) is 0. The Morgan fingerprint density at radius 3 is 2.71 bits per heavy atom. The second-order valence-electron chi connectivity index (χ2n) is 6.26. The lowest BCUT2D eigenvalue weighted by atomic mass is 9.95. The van der Waals surface area contributed by atoms with E-state index in [1.165, 1.54) is 11.1 Å². The molecule has 21 heavy (non-hydrogen) atoms. The highest BCUT2D eigenvalue weighted by molar-refractivity contribution is 5.77. The second-order valence-corrected chi connectivity index (χ2v) is 6.26. The molecule has 0 bridgehead atoms. The summed E-state index contributed by atoms with van der Waals surface area (Å²) in [5.74, 6) is 0.436. The fourth-order valence-corrected chi connectivity index (χ4v) is 2.98. The molecular formula is C18H28N2O. The lowest BCUT2D eigenvalue weighted by Crippen LogP contribution is -2.52. The highest BCUT2D eigenvalue weighted by atomic mass is 16.1. The average Bonchev–Trinajstić information content (AvgIpc) is 2.49. The lowest BCUT2D eigenvalue weighted by molar-refractivity contribution is -0.122. The monoisotopic (exact) mass is 288 g/mol. The average molecular weight is 288 g/mol. The van der Waals surface area contributed by atoms with Crippen LogP contribution in [0.2, 0.25) is 0 Å². The number of carbonyl (C=O) groups excluding carboxylic acids is 1. The number of carbonyl (C=O) groups is 1. The Hall–Kier alpha value is -1.35. The molecule has 0 aromatic heterocycles. The van der Waals surface area contributed by atoms with Gasteiger partial charge >= 0.3 is 0 Å². The minimum atomic E-state index is 0.169.